The van der Waals surface area contributed by atoms with Crippen LogP contribution in [0, 0.1) is 5.92 Å². The third kappa shape index (κ3) is 1.24. The summed E-state index contributed by atoms with van der Waals surface area (Å²) in [5.74, 6) is 0.330. The maximum absolute atomic E-state index is 11.9. The Morgan fingerprint density at radius 2 is 2.38 bits per heavy atom. The number of carbonyl (C=O) groups excluding carboxylic acids is 1. The van der Waals surface area contributed by atoms with E-state index in [0.29, 0.717) is 12.5 Å². The molecule has 1 aromatic rings. The molecule has 3 nitrogen and oxygen atoms in total. The van der Waals surface area contributed by atoms with Crippen molar-refractivity contribution in [3.8, 4) is 0 Å². The Morgan fingerprint density at radius 3 is 3.19 bits per heavy atom. The molecule has 1 aliphatic carbocycles. The van der Waals surface area contributed by atoms with Crippen LogP contribution in [0.3, 0.4) is 0 Å². The third-order valence-corrected chi connectivity index (χ3v) is 3.59. The summed E-state index contributed by atoms with van der Waals surface area (Å²) in [5, 5.41) is 3.36. The van der Waals surface area contributed by atoms with Crippen molar-refractivity contribution in [1.29, 1.82) is 0 Å². The molecular weight excluding hydrogens is 202 g/mol. The standard InChI is InChI=1S/C13H15NO2/c1-2-16-12(15)13-8-10(13)7-9-5-3-4-6-11(9)14-13/h3-6,10,14H,2,7-8H2,1H3. The van der Waals surface area contributed by atoms with Gasteiger partial charge in [0.25, 0.3) is 0 Å². The number of nitrogens with one attached hydrogen (secondary N) is 1. The van der Waals surface area contributed by atoms with Crippen LogP contribution in [0.5, 0.6) is 0 Å². The highest BCUT2D eigenvalue weighted by molar-refractivity contribution is 5.90. The van der Waals surface area contributed by atoms with E-state index in [1.54, 1.807) is 0 Å². The van der Waals surface area contributed by atoms with Crippen molar-refractivity contribution >= 4 is 11.7 Å². The lowest BCUT2D eigenvalue weighted by molar-refractivity contribution is -0.145. The molecule has 1 saturated carbocycles. The Hall–Kier alpha value is -1.51. The molecule has 1 heterocycles. The predicted octanol–water partition coefficient (Wildman–Crippen LogP) is 1.98. The van der Waals surface area contributed by atoms with E-state index in [1.165, 1.54) is 5.56 Å². The van der Waals surface area contributed by atoms with Crippen LogP contribution < -0.4 is 5.32 Å². The van der Waals surface area contributed by atoms with Gasteiger partial charge in [0, 0.05) is 5.69 Å². The molecule has 1 aliphatic heterocycles. The van der Waals surface area contributed by atoms with Crippen LogP contribution in [-0.2, 0) is 16.0 Å². The van der Waals surface area contributed by atoms with Crippen LogP contribution in [0.2, 0.25) is 0 Å². The Bertz CT molecular complexity index is 443. The van der Waals surface area contributed by atoms with Gasteiger partial charge in [-0.15, -0.1) is 0 Å². The summed E-state index contributed by atoms with van der Waals surface area (Å²) < 4.78 is 5.14. The highest BCUT2D eigenvalue weighted by Crippen LogP contribution is 2.53. The largest absolute Gasteiger partial charge is 0.464 e. The summed E-state index contributed by atoms with van der Waals surface area (Å²) in [6, 6.07) is 8.19. The number of rotatable bonds is 2. The minimum absolute atomic E-state index is 0.0884. The zero-order valence-electron chi connectivity index (χ0n) is 9.32. The number of esters is 1. The van der Waals surface area contributed by atoms with Crippen molar-refractivity contribution in [3.63, 3.8) is 0 Å². The van der Waals surface area contributed by atoms with Gasteiger partial charge in [-0.3, -0.25) is 0 Å². The number of fused-ring (bicyclic) bond motifs is 2. The van der Waals surface area contributed by atoms with E-state index in [4.69, 9.17) is 4.74 Å². The smallest absolute Gasteiger partial charge is 0.332 e. The van der Waals surface area contributed by atoms with Crippen LogP contribution in [0.4, 0.5) is 5.69 Å². The van der Waals surface area contributed by atoms with E-state index >= 15 is 0 Å². The first kappa shape index (κ1) is 9.70. The number of benzene rings is 1. The average molecular weight is 217 g/mol. The SMILES string of the molecule is CCOC(=O)C12CC1Cc1ccccc1N2. The highest BCUT2D eigenvalue weighted by atomic mass is 16.5. The molecule has 0 radical (unpaired) electrons. The number of hydrogen-bond acceptors (Lipinski definition) is 3. The van der Waals surface area contributed by atoms with Gasteiger partial charge in [0.05, 0.1) is 6.61 Å². The molecule has 0 amide bonds. The van der Waals surface area contributed by atoms with Gasteiger partial charge in [0.15, 0.2) is 0 Å². The Labute approximate surface area is 94.8 Å². The van der Waals surface area contributed by atoms with Gasteiger partial charge in [-0.1, -0.05) is 18.2 Å². The molecule has 0 aromatic heterocycles. The highest BCUT2D eigenvalue weighted by Gasteiger charge is 2.63. The third-order valence-electron chi connectivity index (χ3n) is 3.59. The number of hydrogen-bond donors (Lipinski definition) is 1. The number of para-hydroxylation sites is 1. The monoisotopic (exact) mass is 217 g/mol. The Balaban J connectivity index is 1.87. The fourth-order valence-electron chi connectivity index (χ4n) is 2.62. The minimum Gasteiger partial charge on any atom is -0.464 e. The average Bonchev–Trinajstić information content (AvgIpc) is 3.00. The first-order chi connectivity index (χ1) is 7.76. The molecule has 84 valence electrons. The van der Waals surface area contributed by atoms with E-state index in [-0.39, 0.29) is 5.97 Å². The number of anilines is 1. The van der Waals surface area contributed by atoms with Crippen molar-refractivity contribution in [1.82, 2.24) is 0 Å². The van der Waals surface area contributed by atoms with E-state index in [1.807, 2.05) is 25.1 Å². The molecule has 1 N–H and O–H groups in total. The van der Waals surface area contributed by atoms with Gasteiger partial charge in [-0.2, -0.15) is 0 Å². The lowest BCUT2D eigenvalue weighted by atomic mass is 9.98. The van der Waals surface area contributed by atoms with Gasteiger partial charge in [-0.25, -0.2) is 4.79 Å². The van der Waals surface area contributed by atoms with E-state index < -0.39 is 5.54 Å². The fourth-order valence-corrected chi connectivity index (χ4v) is 2.62. The van der Waals surface area contributed by atoms with E-state index in [2.05, 4.69) is 11.4 Å². The maximum atomic E-state index is 11.9. The quantitative estimate of drug-likeness (QED) is 0.770. The Morgan fingerprint density at radius 1 is 1.56 bits per heavy atom. The minimum atomic E-state index is -0.412. The van der Waals surface area contributed by atoms with Crippen LogP contribution in [-0.4, -0.2) is 18.1 Å². The number of ether oxygens (including phenoxy) is 1. The second kappa shape index (κ2) is 3.24. The molecule has 0 spiro atoms. The summed E-state index contributed by atoms with van der Waals surface area (Å²) in [6.07, 6.45) is 1.89. The molecule has 2 aliphatic rings. The van der Waals surface area contributed by atoms with Gasteiger partial charge in [0.2, 0.25) is 0 Å². The molecule has 2 atom stereocenters. The normalized spacial score (nSPS) is 29.7. The molecule has 16 heavy (non-hydrogen) atoms. The van der Waals surface area contributed by atoms with Crippen LogP contribution >= 0.6 is 0 Å². The summed E-state index contributed by atoms with van der Waals surface area (Å²) in [7, 11) is 0. The summed E-state index contributed by atoms with van der Waals surface area (Å²) in [6.45, 7) is 2.30. The van der Waals surface area contributed by atoms with Crippen molar-refractivity contribution < 1.29 is 9.53 Å². The molecular formula is C13H15NO2. The van der Waals surface area contributed by atoms with Gasteiger partial charge in [0.1, 0.15) is 5.54 Å². The molecule has 3 rings (SSSR count). The lowest BCUT2D eigenvalue weighted by Crippen LogP contribution is -2.38. The Kier molecular flexibility index (Phi) is 1.96. The van der Waals surface area contributed by atoms with Crippen molar-refractivity contribution in [2.45, 2.75) is 25.3 Å². The number of carbonyl (C=O) groups is 1. The predicted molar refractivity (Wildman–Crippen MR) is 61.2 cm³/mol. The maximum Gasteiger partial charge on any atom is 0.332 e. The molecule has 0 saturated heterocycles. The van der Waals surface area contributed by atoms with Crippen molar-refractivity contribution in [2.24, 2.45) is 5.92 Å². The first-order valence-electron chi connectivity index (χ1n) is 5.79. The van der Waals surface area contributed by atoms with E-state index in [9.17, 15) is 4.79 Å². The zero-order valence-corrected chi connectivity index (χ0v) is 9.32. The summed E-state index contributed by atoms with van der Waals surface area (Å²) in [4.78, 5) is 11.9. The van der Waals surface area contributed by atoms with E-state index in [0.717, 1.165) is 18.5 Å². The fraction of sp³-hybridized carbons (Fsp3) is 0.462. The van der Waals surface area contributed by atoms with Crippen molar-refractivity contribution in [3.05, 3.63) is 29.8 Å². The van der Waals surface area contributed by atoms with Crippen molar-refractivity contribution in [2.75, 3.05) is 11.9 Å². The summed E-state index contributed by atoms with van der Waals surface area (Å²) in [5.41, 5.74) is 1.99. The van der Waals surface area contributed by atoms with Gasteiger partial charge in [-0.05, 0) is 37.3 Å². The summed E-state index contributed by atoms with van der Waals surface area (Å²) >= 11 is 0. The molecule has 1 fully saturated rings. The van der Waals surface area contributed by atoms with Gasteiger partial charge >= 0.3 is 5.97 Å². The van der Waals surface area contributed by atoms with Crippen LogP contribution in [0.15, 0.2) is 24.3 Å². The zero-order chi connectivity index (χ0) is 11.2. The first-order valence-corrected chi connectivity index (χ1v) is 5.79. The van der Waals surface area contributed by atoms with Crippen LogP contribution in [0.25, 0.3) is 0 Å². The second-order valence-electron chi connectivity index (χ2n) is 4.58. The molecule has 0 bridgehead atoms. The second-order valence-corrected chi connectivity index (χ2v) is 4.58. The topological polar surface area (TPSA) is 38.3 Å². The molecule has 2 unspecified atom stereocenters. The molecule has 1 aromatic carbocycles. The molecule has 3 heteroatoms. The van der Waals surface area contributed by atoms with Crippen LogP contribution in [0.1, 0.15) is 18.9 Å². The van der Waals surface area contributed by atoms with Gasteiger partial charge < -0.3 is 10.1 Å². The lowest BCUT2D eigenvalue weighted by Gasteiger charge is -2.25.